The van der Waals surface area contributed by atoms with Gasteiger partial charge in [-0.05, 0) is 39.1 Å². The molecule has 2 aromatic heterocycles. The molecule has 3 heterocycles. The van der Waals surface area contributed by atoms with E-state index in [2.05, 4.69) is 19.7 Å². The van der Waals surface area contributed by atoms with Crippen LogP contribution in [-0.4, -0.2) is 57.7 Å². The highest BCUT2D eigenvalue weighted by Crippen LogP contribution is 2.29. The molecule has 0 unspecified atom stereocenters. The first-order valence-electron chi connectivity index (χ1n) is 8.03. The van der Waals surface area contributed by atoms with Gasteiger partial charge in [0, 0.05) is 26.1 Å². The molecule has 0 saturated carbocycles. The molecule has 1 aliphatic rings. The van der Waals surface area contributed by atoms with Crippen LogP contribution in [0.15, 0.2) is 12.1 Å². The highest BCUT2D eigenvalue weighted by atomic mass is 35.5. The summed E-state index contributed by atoms with van der Waals surface area (Å²) >= 11 is 7.29. The SMILES string of the molecule is CN(C)Cc1nnc([C@@H]2CCCN(C(=O)c3ccc(Cl)s3)C2)n1C. The van der Waals surface area contributed by atoms with Crippen molar-refractivity contribution in [3.63, 3.8) is 0 Å². The minimum atomic E-state index is 0.0623. The summed E-state index contributed by atoms with van der Waals surface area (Å²) in [5, 5.41) is 8.71. The Morgan fingerprint density at radius 3 is 2.88 bits per heavy atom. The summed E-state index contributed by atoms with van der Waals surface area (Å²) in [6, 6.07) is 3.58. The Balaban J connectivity index is 1.74. The molecule has 1 fully saturated rings. The quantitative estimate of drug-likeness (QED) is 0.833. The zero-order valence-electron chi connectivity index (χ0n) is 14.2. The van der Waals surface area contributed by atoms with Crippen LogP contribution >= 0.6 is 22.9 Å². The lowest BCUT2D eigenvalue weighted by Crippen LogP contribution is -2.39. The lowest BCUT2D eigenvalue weighted by Gasteiger charge is -2.32. The number of hydrogen-bond acceptors (Lipinski definition) is 5. The molecule has 8 heteroatoms. The molecule has 24 heavy (non-hydrogen) atoms. The number of piperidine rings is 1. The van der Waals surface area contributed by atoms with Crippen LogP contribution < -0.4 is 0 Å². The Hall–Kier alpha value is -1.44. The van der Waals surface area contributed by atoms with Crippen LogP contribution in [0.1, 0.15) is 40.1 Å². The van der Waals surface area contributed by atoms with Crippen LogP contribution in [0, 0.1) is 0 Å². The van der Waals surface area contributed by atoms with E-state index in [9.17, 15) is 4.79 Å². The second-order valence-corrected chi connectivity index (χ2v) is 8.18. The Bertz CT molecular complexity index is 726. The predicted molar refractivity (Wildman–Crippen MR) is 95.6 cm³/mol. The van der Waals surface area contributed by atoms with Crippen LogP contribution in [0.2, 0.25) is 4.34 Å². The van der Waals surface area contributed by atoms with Gasteiger partial charge in [-0.3, -0.25) is 4.79 Å². The van der Waals surface area contributed by atoms with Crippen molar-refractivity contribution in [3.8, 4) is 0 Å². The number of carbonyl (C=O) groups excluding carboxylic acids is 1. The van der Waals surface area contributed by atoms with Gasteiger partial charge in [0.15, 0.2) is 0 Å². The summed E-state index contributed by atoms with van der Waals surface area (Å²) in [4.78, 5) is 17.3. The number of thiophene rings is 1. The van der Waals surface area contributed by atoms with Crippen molar-refractivity contribution in [1.29, 1.82) is 0 Å². The van der Waals surface area contributed by atoms with E-state index in [0.717, 1.165) is 37.6 Å². The first-order valence-corrected chi connectivity index (χ1v) is 9.22. The standard InChI is InChI=1S/C16H22ClN5OS/c1-20(2)10-14-18-19-15(21(14)3)11-5-4-8-22(9-11)16(23)12-6-7-13(17)24-12/h6-7,11H,4-5,8-10H2,1-3H3/t11-/m1/s1. The highest BCUT2D eigenvalue weighted by Gasteiger charge is 2.29. The van der Waals surface area contributed by atoms with E-state index < -0.39 is 0 Å². The van der Waals surface area contributed by atoms with Gasteiger partial charge in [-0.2, -0.15) is 0 Å². The molecular formula is C16H22ClN5OS. The molecular weight excluding hydrogens is 346 g/mol. The summed E-state index contributed by atoms with van der Waals surface area (Å²) in [5.74, 6) is 2.20. The average Bonchev–Trinajstić information content (AvgIpc) is 3.13. The maximum Gasteiger partial charge on any atom is 0.263 e. The second kappa shape index (κ2) is 7.21. The molecule has 0 aliphatic carbocycles. The third kappa shape index (κ3) is 3.63. The van der Waals surface area contributed by atoms with Crippen LogP contribution in [0.25, 0.3) is 0 Å². The number of aromatic nitrogens is 3. The molecule has 0 N–H and O–H groups in total. The van der Waals surface area contributed by atoms with Gasteiger partial charge in [0.25, 0.3) is 5.91 Å². The second-order valence-electron chi connectivity index (χ2n) is 6.47. The zero-order chi connectivity index (χ0) is 17.3. The van der Waals surface area contributed by atoms with Crippen molar-refractivity contribution in [2.75, 3.05) is 27.2 Å². The number of carbonyl (C=O) groups is 1. The van der Waals surface area contributed by atoms with Gasteiger partial charge in [-0.1, -0.05) is 11.6 Å². The molecule has 1 amide bonds. The summed E-state index contributed by atoms with van der Waals surface area (Å²) < 4.78 is 2.72. The molecule has 0 bridgehead atoms. The third-order valence-electron chi connectivity index (χ3n) is 4.31. The molecule has 0 spiro atoms. The number of amides is 1. The number of likely N-dealkylation sites (tertiary alicyclic amines) is 1. The summed E-state index contributed by atoms with van der Waals surface area (Å²) in [6.45, 7) is 2.22. The van der Waals surface area contributed by atoms with Gasteiger partial charge in [0.1, 0.15) is 11.6 Å². The number of halogens is 1. The normalized spacial score (nSPS) is 18.4. The van der Waals surface area contributed by atoms with Crippen LogP contribution in [0.4, 0.5) is 0 Å². The minimum Gasteiger partial charge on any atom is -0.337 e. The van der Waals surface area contributed by atoms with Crippen molar-refractivity contribution >= 4 is 28.8 Å². The molecule has 6 nitrogen and oxygen atoms in total. The Kier molecular flexibility index (Phi) is 5.22. The van der Waals surface area contributed by atoms with E-state index in [1.165, 1.54) is 11.3 Å². The van der Waals surface area contributed by atoms with Crippen LogP contribution in [-0.2, 0) is 13.6 Å². The van der Waals surface area contributed by atoms with E-state index in [4.69, 9.17) is 11.6 Å². The van der Waals surface area contributed by atoms with Crippen molar-refractivity contribution in [2.45, 2.75) is 25.3 Å². The van der Waals surface area contributed by atoms with Gasteiger partial charge in [-0.15, -0.1) is 21.5 Å². The molecule has 1 aliphatic heterocycles. The molecule has 0 aromatic carbocycles. The van der Waals surface area contributed by atoms with Crippen molar-refractivity contribution < 1.29 is 4.79 Å². The fraction of sp³-hybridized carbons (Fsp3) is 0.562. The molecule has 0 radical (unpaired) electrons. The predicted octanol–water partition coefficient (Wildman–Crippen LogP) is 2.61. The van der Waals surface area contributed by atoms with Crippen LogP contribution in [0.3, 0.4) is 0 Å². The number of nitrogens with zero attached hydrogens (tertiary/aromatic N) is 5. The topological polar surface area (TPSA) is 54.3 Å². The van der Waals surface area contributed by atoms with E-state index >= 15 is 0 Å². The molecule has 1 saturated heterocycles. The number of hydrogen-bond donors (Lipinski definition) is 0. The third-order valence-corrected chi connectivity index (χ3v) is 5.53. The maximum atomic E-state index is 12.7. The van der Waals surface area contributed by atoms with Gasteiger partial charge in [0.2, 0.25) is 0 Å². The largest absolute Gasteiger partial charge is 0.337 e. The van der Waals surface area contributed by atoms with Gasteiger partial charge in [0.05, 0.1) is 15.8 Å². The summed E-state index contributed by atoms with van der Waals surface area (Å²) in [7, 11) is 6.04. The number of rotatable bonds is 4. The Morgan fingerprint density at radius 2 is 2.21 bits per heavy atom. The molecule has 2 aromatic rings. The monoisotopic (exact) mass is 367 g/mol. The van der Waals surface area contributed by atoms with E-state index in [1.807, 2.05) is 26.0 Å². The average molecular weight is 368 g/mol. The first kappa shape index (κ1) is 17.4. The lowest BCUT2D eigenvalue weighted by molar-refractivity contribution is 0.0708. The Labute approximate surface area is 151 Å². The van der Waals surface area contributed by atoms with E-state index in [0.29, 0.717) is 15.8 Å². The summed E-state index contributed by atoms with van der Waals surface area (Å²) in [6.07, 6.45) is 2.01. The van der Waals surface area contributed by atoms with Gasteiger partial charge >= 0.3 is 0 Å². The fourth-order valence-corrected chi connectivity index (χ4v) is 4.12. The van der Waals surface area contributed by atoms with E-state index in [1.54, 1.807) is 12.1 Å². The van der Waals surface area contributed by atoms with Crippen LogP contribution in [0.5, 0.6) is 0 Å². The zero-order valence-corrected chi connectivity index (χ0v) is 15.8. The highest BCUT2D eigenvalue weighted by molar-refractivity contribution is 7.17. The van der Waals surface area contributed by atoms with Crippen molar-refractivity contribution in [2.24, 2.45) is 7.05 Å². The first-order chi connectivity index (χ1) is 11.5. The molecule has 130 valence electrons. The molecule has 3 rings (SSSR count). The molecule has 1 atom stereocenters. The van der Waals surface area contributed by atoms with Crippen molar-refractivity contribution in [3.05, 3.63) is 33.0 Å². The van der Waals surface area contributed by atoms with Gasteiger partial charge < -0.3 is 14.4 Å². The maximum absolute atomic E-state index is 12.7. The lowest BCUT2D eigenvalue weighted by atomic mass is 9.97. The van der Waals surface area contributed by atoms with E-state index in [-0.39, 0.29) is 11.8 Å². The van der Waals surface area contributed by atoms with Crippen molar-refractivity contribution in [1.82, 2.24) is 24.6 Å². The summed E-state index contributed by atoms with van der Waals surface area (Å²) in [5.41, 5.74) is 0. The smallest absolute Gasteiger partial charge is 0.263 e. The van der Waals surface area contributed by atoms with Gasteiger partial charge in [-0.25, -0.2) is 0 Å². The fourth-order valence-electron chi connectivity index (χ4n) is 3.11. The Morgan fingerprint density at radius 1 is 1.42 bits per heavy atom. The minimum absolute atomic E-state index is 0.0623.